The summed E-state index contributed by atoms with van der Waals surface area (Å²) in [6.45, 7) is 2.05. The summed E-state index contributed by atoms with van der Waals surface area (Å²) in [6, 6.07) is 13.2. The maximum absolute atomic E-state index is 12.9. The molecular formula is C21H24N6O2. The summed E-state index contributed by atoms with van der Waals surface area (Å²) >= 11 is 0. The molecule has 4 rings (SSSR count). The number of hydrogen-bond donors (Lipinski definition) is 3. The molecule has 3 atom stereocenters. The number of amides is 1. The van der Waals surface area contributed by atoms with E-state index >= 15 is 0 Å². The van der Waals surface area contributed by atoms with Gasteiger partial charge in [0.2, 0.25) is 5.91 Å². The number of aromatic amines is 1. The summed E-state index contributed by atoms with van der Waals surface area (Å²) < 4.78 is 0. The summed E-state index contributed by atoms with van der Waals surface area (Å²) in [5.41, 5.74) is 2.11. The fraction of sp³-hybridized carbons (Fsp3) is 0.333. The van der Waals surface area contributed by atoms with Gasteiger partial charge in [-0.2, -0.15) is 5.10 Å². The number of benzene rings is 1. The highest BCUT2D eigenvalue weighted by atomic mass is 16.3. The van der Waals surface area contributed by atoms with Gasteiger partial charge in [-0.1, -0.05) is 43.3 Å². The van der Waals surface area contributed by atoms with E-state index in [4.69, 9.17) is 0 Å². The van der Waals surface area contributed by atoms with Gasteiger partial charge in [-0.3, -0.25) is 20.1 Å². The average molecular weight is 392 g/mol. The molecule has 1 aromatic carbocycles. The van der Waals surface area contributed by atoms with Gasteiger partial charge in [0.05, 0.1) is 6.04 Å². The second-order valence-corrected chi connectivity index (χ2v) is 7.37. The Morgan fingerprint density at radius 1 is 1.28 bits per heavy atom. The number of rotatable bonds is 5. The Labute approximate surface area is 169 Å². The zero-order valence-corrected chi connectivity index (χ0v) is 16.4. The van der Waals surface area contributed by atoms with Crippen LogP contribution in [0.3, 0.4) is 0 Å². The van der Waals surface area contributed by atoms with E-state index in [1.807, 2.05) is 42.5 Å². The lowest BCUT2D eigenvalue weighted by Gasteiger charge is -2.23. The number of fused-ring (bicyclic) bond motifs is 1. The average Bonchev–Trinajstić information content (AvgIpc) is 3.18. The van der Waals surface area contributed by atoms with Crippen LogP contribution in [-0.4, -0.2) is 44.3 Å². The molecule has 0 aliphatic carbocycles. The van der Waals surface area contributed by atoms with Gasteiger partial charge < -0.3 is 5.11 Å². The molecule has 2 aromatic heterocycles. The van der Waals surface area contributed by atoms with E-state index in [1.54, 1.807) is 18.1 Å². The zero-order valence-electron chi connectivity index (χ0n) is 16.4. The van der Waals surface area contributed by atoms with Crippen molar-refractivity contribution in [3.8, 4) is 0 Å². The highest BCUT2D eigenvalue weighted by Crippen LogP contribution is 2.32. The Balaban J connectivity index is 1.47. The molecule has 3 N–H and O–H groups in total. The van der Waals surface area contributed by atoms with Gasteiger partial charge in [-0.15, -0.1) is 0 Å². The third-order valence-electron chi connectivity index (χ3n) is 5.25. The maximum Gasteiger partial charge on any atom is 0.245 e. The second-order valence-electron chi connectivity index (χ2n) is 7.37. The van der Waals surface area contributed by atoms with Crippen LogP contribution in [0.4, 0.5) is 5.82 Å². The van der Waals surface area contributed by atoms with Crippen LogP contribution in [0.25, 0.3) is 0 Å². The topological polar surface area (TPSA) is 107 Å². The molecule has 1 amide bonds. The van der Waals surface area contributed by atoms with Crippen LogP contribution in [0, 0.1) is 0 Å². The SMILES string of the molecule is C[C@H]1C[C@@H](NC(O)c2n[nH]c(Cc3ccccc3)n2)C(=O)N(C)c2ncccc21. The summed E-state index contributed by atoms with van der Waals surface area (Å²) in [4.78, 5) is 23.2. The predicted molar refractivity (Wildman–Crippen MR) is 108 cm³/mol. The monoisotopic (exact) mass is 392 g/mol. The first-order chi connectivity index (χ1) is 14.0. The Morgan fingerprint density at radius 2 is 2.07 bits per heavy atom. The summed E-state index contributed by atoms with van der Waals surface area (Å²) in [5, 5.41) is 20.6. The Kier molecular flexibility index (Phi) is 5.37. The summed E-state index contributed by atoms with van der Waals surface area (Å²) in [5.74, 6) is 1.50. The third kappa shape index (κ3) is 4.03. The number of nitrogens with one attached hydrogen (secondary N) is 2. The number of carbonyl (C=O) groups excluding carboxylic acids is 1. The van der Waals surface area contributed by atoms with Crippen molar-refractivity contribution < 1.29 is 9.90 Å². The molecule has 8 heteroatoms. The molecule has 0 radical (unpaired) electrons. The van der Waals surface area contributed by atoms with Gasteiger partial charge in [0, 0.05) is 19.7 Å². The molecular weight excluding hydrogens is 368 g/mol. The number of nitrogens with zero attached hydrogens (tertiary/aromatic N) is 4. The van der Waals surface area contributed by atoms with Crippen molar-refractivity contribution in [2.24, 2.45) is 0 Å². The Hall–Kier alpha value is -3.10. The zero-order chi connectivity index (χ0) is 20.4. The van der Waals surface area contributed by atoms with Crippen molar-refractivity contribution in [1.29, 1.82) is 0 Å². The number of hydrogen-bond acceptors (Lipinski definition) is 6. The standard InChI is InChI=1S/C21H24N6O2/c1-13-11-16(21(29)27(2)19-15(13)9-6-10-22-19)23-20(28)18-24-17(25-26-18)12-14-7-4-3-5-8-14/h3-10,13,16,20,23,28H,11-12H2,1-2H3,(H,24,25,26)/t13-,16+,20?/m0/s1. The van der Waals surface area contributed by atoms with E-state index in [1.165, 1.54) is 0 Å². The maximum atomic E-state index is 12.9. The number of aromatic nitrogens is 4. The number of H-pyrrole nitrogens is 1. The van der Waals surface area contributed by atoms with E-state index in [0.717, 1.165) is 11.1 Å². The molecule has 1 unspecified atom stereocenters. The van der Waals surface area contributed by atoms with E-state index in [9.17, 15) is 9.90 Å². The minimum atomic E-state index is -1.15. The largest absolute Gasteiger partial charge is 0.371 e. The number of aliphatic hydroxyl groups excluding tert-OH is 1. The molecule has 0 spiro atoms. The van der Waals surface area contributed by atoms with Gasteiger partial charge in [0.1, 0.15) is 11.6 Å². The summed E-state index contributed by atoms with van der Waals surface area (Å²) in [7, 11) is 1.71. The lowest BCUT2D eigenvalue weighted by atomic mass is 9.95. The lowest BCUT2D eigenvalue weighted by Crippen LogP contribution is -2.46. The van der Waals surface area contributed by atoms with E-state index < -0.39 is 12.3 Å². The van der Waals surface area contributed by atoms with Crippen LogP contribution in [0.2, 0.25) is 0 Å². The van der Waals surface area contributed by atoms with Gasteiger partial charge in [0.15, 0.2) is 12.1 Å². The number of pyridine rings is 1. The first-order valence-corrected chi connectivity index (χ1v) is 9.64. The molecule has 29 heavy (non-hydrogen) atoms. The number of anilines is 1. The van der Waals surface area contributed by atoms with Crippen molar-refractivity contribution in [1.82, 2.24) is 25.5 Å². The van der Waals surface area contributed by atoms with Gasteiger partial charge >= 0.3 is 0 Å². The predicted octanol–water partition coefficient (Wildman–Crippen LogP) is 1.91. The fourth-order valence-corrected chi connectivity index (χ4v) is 3.70. The first kappa shape index (κ1) is 19.2. The molecule has 8 nitrogen and oxygen atoms in total. The minimum Gasteiger partial charge on any atom is -0.371 e. The first-order valence-electron chi connectivity index (χ1n) is 9.64. The molecule has 0 saturated carbocycles. The van der Waals surface area contributed by atoms with Gasteiger partial charge in [-0.05, 0) is 29.5 Å². The molecule has 3 heterocycles. The molecule has 1 aliphatic heterocycles. The molecule has 0 fully saturated rings. The third-order valence-corrected chi connectivity index (χ3v) is 5.25. The Bertz CT molecular complexity index is 990. The van der Waals surface area contributed by atoms with E-state index in [0.29, 0.717) is 24.5 Å². The number of carbonyl (C=O) groups is 1. The van der Waals surface area contributed by atoms with Gasteiger partial charge in [-0.25, -0.2) is 9.97 Å². The van der Waals surface area contributed by atoms with E-state index in [-0.39, 0.29) is 17.6 Å². The van der Waals surface area contributed by atoms with Crippen LogP contribution >= 0.6 is 0 Å². The molecule has 0 bridgehead atoms. The highest BCUT2D eigenvalue weighted by Gasteiger charge is 2.34. The van der Waals surface area contributed by atoms with Gasteiger partial charge in [0.25, 0.3) is 0 Å². The van der Waals surface area contributed by atoms with Crippen molar-refractivity contribution in [2.75, 3.05) is 11.9 Å². The lowest BCUT2D eigenvalue weighted by molar-refractivity contribution is -0.121. The molecule has 3 aromatic rings. The quantitative estimate of drug-likeness (QED) is 0.573. The van der Waals surface area contributed by atoms with E-state index in [2.05, 4.69) is 32.4 Å². The van der Waals surface area contributed by atoms with Crippen LogP contribution in [-0.2, 0) is 11.2 Å². The van der Waals surface area contributed by atoms with Crippen molar-refractivity contribution >= 4 is 11.7 Å². The van der Waals surface area contributed by atoms with Crippen LogP contribution < -0.4 is 10.2 Å². The second kappa shape index (κ2) is 8.10. The fourth-order valence-electron chi connectivity index (χ4n) is 3.70. The van der Waals surface area contributed by atoms with Crippen molar-refractivity contribution in [3.05, 3.63) is 71.4 Å². The normalized spacial score (nSPS) is 20.2. The van der Waals surface area contributed by atoms with Crippen LogP contribution in [0.15, 0.2) is 48.7 Å². The molecule has 1 aliphatic rings. The number of likely N-dealkylation sites (N-methyl/N-ethyl adjacent to an activating group) is 1. The van der Waals surface area contributed by atoms with Crippen LogP contribution in [0.5, 0.6) is 0 Å². The highest BCUT2D eigenvalue weighted by molar-refractivity contribution is 5.97. The smallest absolute Gasteiger partial charge is 0.245 e. The molecule has 150 valence electrons. The summed E-state index contributed by atoms with van der Waals surface area (Å²) in [6.07, 6.45) is 1.66. The van der Waals surface area contributed by atoms with Crippen molar-refractivity contribution in [2.45, 2.75) is 38.0 Å². The van der Waals surface area contributed by atoms with Crippen LogP contribution in [0.1, 0.15) is 48.3 Å². The van der Waals surface area contributed by atoms with Crippen molar-refractivity contribution in [3.63, 3.8) is 0 Å². The Morgan fingerprint density at radius 3 is 2.86 bits per heavy atom. The number of aliphatic hydroxyl groups is 1. The molecule has 0 saturated heterocycles. The minimum absolute atomic E-state index is 0.109.